The number of nitrogens with one attached hydrogen (secondary N) is 2. The molecule has 1 aromatic heterocycles. The first kappa shape index (κ1) is 21.0. The van der Waals surface area contributed by atoms with Crippen LogP contribution in [0.25, 0.3) is 0 Å². The van der Waals surface area contributed by atoms with Crippen LogP contribution in [0.15, 0.2) is 24.3 Å². The smallest absolute Gasteiger partial charge is 0.243 e. The average Bonchev–Trinajstić information content (AvgIpc) is 3.19. The molecule has 4 heterocycles. The second kappa shape index (κ2) is 8.24. The van der Waals surface area contributed by atoms with Crippen LogP contribution < -0.4 is 20.3 Å². The van der Waals surface area contributed by atoms with Crippen molar-refractivity contribution in [1.29, 1.82) is 0 Å². The number of anilines is 2. The van der Waals surface area contributed by atoms with Gasteiger partial charge in [0.25, 0.3) is 0 Å². The first-order valence-corrected chi connectivity index (χ1v) is 11.5. The van der Waals surface area contributed by atoms with Gasteiger partial charge in [-0.3, -0.25) is 4.79 Å². The van der Waals surface area contributed by atoms with Crippen LogP contribution in [0.1, 0.15) is 35.7 Å². The molecule has 0 bridgehead atoms. The lowest BCUT2D eigenvalue weighted by atomic mass is 9.84. The van der Waals surface area contributed by atoms with E-state index in [1.165, 1.54) is 5.56 Å². The van der Waals surface area contributed by atoms with Crippen LogP contribution in [-0.4, -0.2) is 72.7 Å². The first-order valence-electron chi connectivity index (χ1n) is 11.5. The monoisotopic (exact) mass is 436 g/mol. The van der Waals surface area contributed by atoms with E-state index in [1.54, 1.807) is 7.11 Å². The van der Waals surface area contributed by atoms with Crippen LogP contribution >= 0.6 is 0 Å². The molecular weight excluding hydrogens is 404 g/mol. The summed E-state index contributed by atoms with van der Waals surface area (Å²) in [6, 6.07) is 8.14. The predicted octanol–water partition coefficient (Wildman–Crippen LogP) is 2.08. The molecule has 2 fully saturated rings. The molecule has 3 aliphatic rings. The van der Waals surface area contributed by atoms with Gasteiger partial charge in [-0.25, -0.2) is 9.97 Å². The summed E-state index contributed by atoms with van der Waals surface area (Å²) in [6.45, 7) is 8.72. The van der Waals surface area contributed by atoms with Gasteiger partial charge in [0.2, 0.25) is 11.9 Å². The van der Waals surface area contributed by atoms with Gasteiger partial charge in [0.05, 0.1) is 7.11 Å². The third-order valence-corrected chi connectivity index (χ3v) is 7.09. The molecule has 5 rings (SSSR count). The van der Waals surface area contributed by atoms with E-state index in [2.05, 4.69) is 42.5 Å². The highest BCUT2D eigenvalue weighted by Crippen LogP contribution is 2.36. The Hall–Kier alpha value is -2.87. The highest BCUT2D eigenvalue weighted by molar-refractivity contribution is 5.87. The van der Waals surface area contributed by atoms with Gasteiger partial charge in [-0.15, -0.1) is 0 Å². The quantitative estimate of drug-likeness (QED) is 0.759. The molecule has 3 aliphatic heterocycles. The number of amides is 1. The Balaban J connectivity index is 1.27. The van der Waals surface area contributed by atoms with E-state index in [1.807, 2.05) is 26.0 Å². The maximum atomic E-state index is 13.6. The summed E-state index contributed by atoms with van der Waals surface area (Å²) < 4.78 is 5.42. The Kier molecular flexibility index (Phi) is 5.41. The van der Waals surface area contributed by atoms with Crippen LogP contribution in [-0.2, 0) is 4.79 Å². The minimum atomic E-state index is -0.475. The lowest BCUT2D eigenvalue weighted by molar-refractivity contribution is -0.142. The predicted molar refractivity (Wildman–Crippen MR) is 124 cm³/mol. The number of piperazine rings is 1. The molecule has 1 aromatic carbocycles. The third-order valence-electron chi connectivity index (χ3n) is 7.09. The summed E-state index contributed by atoms with van der Waals surface area (Å²) in [7, 11) is 1.69. The summed E-state index contributed by atoms with van der Waals surface area (Å²) >= 11 is 0. The van der Waals surface area contributed by atoms with E-state index in [-0.39, 0.29) is 11.8 Å². The number of carbonyl (C=O) groups is 1. The fraction of sp³-hybridized carbons (Fsp3) is 0.542. The molecule has 2 saturated heterocycles. The second-order valence-electron chi connectivity index (χ2n) is 9.23. The fourth-order valence-electron chi connectivity index (χ4n) is 5.35. The molecule has 1 atom stereocenters. The van der Waals surface area contributed by atoms with Gasteiger partial charge in [0, 0.05) is 62.3 Å². The number of benzene rings is 1. The molecule has 1 spiro atoms. The largest absolute Gasteiger partial charge is 0.497 e. The van der Waals surface area contributed by atoms with Crippen molar-refractivity contribution in [1.82, 2.24) is 20.2 Å². The van der Waals surface area contributed by atoms with Gasteiger partial charge in [-0.2, -0.15) is 0 Å². The van der Waals surface area contributed by atoms with Gasteiger partial charge in [-0.1, -0.05) is 0 Å². The molecule has 1 unspecified atom stereocenters. The highest BCUT2D eigenvalue weighted by atomic mass is 16.5. The number of carbonyl (C=O) groups excluding carboxylic acids is 1. The Labute approximate surface area is 189 Å². The van der Waals surface area contributed by atoms with Crippen LogP contribution in [0.2, 0.25) is 0 Å². The second-order valence-corrected chi connectivity index (χ2v) is 9.23. The number of fused-ring (bicyclic) bond motifs is 1. The van der Waals surface area contributed by atoms with Crippen molar-refractivity contribution in [3.8, 4) is 5.75 Å². The lowest BCUT2D eigenvalue weighted by Crippen LogP contribution is -2.68. The zero-order chi connectivity index (χ0) is 22.3. The van der Waals surface area contributed by atoms with E-state index in [4.69, 9.17) is 4.74 Å². The van der Waals surface area contributed by atoms with Crippen molar-refractivity contribution >= 4 is 17.5 Å². The summed E-state index contributed by atoms with van der Waals surface area (Å²) in [5, 5.41) is 7.06. The molecule has 2 aromatic rings. The van der Waals surface area contributed by atoms with E-state index in [0.717, 1.165) is 80.9 Å². The van der Waals surface area contributed by atoms with Crippen LogP contribution in [0, 0.1) is 13.8 Å². The molecule has 0 radical (unpaired) electrons. The lowest BCUT2D eigenvalue weighted by Gasteiger charge is -2.47. The minimum Gasteiger partial charge on any atom is -0.497 e. The van der Waals surface area contributed by atoms with Crippen LogP contribution in [0.4, 0.5) is 11.6 Å². The summed E-state index contributed by atoms with van der Waals surface area (Å²) in [4.78, 5) is 27.1. The van der Waals surface area contributed by atoms with Crippen molar-refractivity contribution in [2.75, 3.05) is 56.6 Å². The maximum absolute atomic E-state index is 13.6. The van der Waals surface area contributed by atoms with E-state index in [0.29, 0.717) is 0 Å². The third kappa shape index (κ3) is 3.77. The number of ether oxygens (including phenoxy) is 1. The Bertz CT molecular complexity index is 997. The number of aromatic nitrogens is 2. The van der Waals surface area contributed by atoms with Crippen LogP contribution in [0.5, 0.6) is 5.75 Å². The molecule has 2 N–H and O–H groups in total. The number of aryl methyl sites for hydroxylation is 2. The van der Waals surface area contributed by atoms with Crippen molar-refractivity contribution < 1.29 is 9.53 Å². The Morgan fingerprint density at radius 1 is 1.12 bits per heavy atom. The standard InChI is InChI=1S/C24H32N6O2/c1-16-12-17(2)28-23(27-16)29-9-6-24(7-10-29)22(31)30(11-8-26-24)15-18-14-25-21-5-4-19(32-3)13-20(18)21/h4-5,12-13,18,25-26H,6-11,14-15H2,1-3H3. The zero-order valence-electron chi connectivity index (χ0n) is 19.1. The summed E-state index contributed by atoms with van der Waals surface area (Å²) in [5.74, 6) is 2.16. The molecule has 8 nitrogen and oxygen atoms in total. The van der Waals surface area contributed by atoms with Gasteiger partial charge < -0.3 is 25.2 Å². The molecule has 170 valence electrons. The number of hydrogen-bond acceptors (Lipinski definition) is 7. The summed E-state index contributed by atoms with van der Waals surface area (Å²) in [5.41, 5.74) is 3.87. The van der Waals surface area contributed by atoms with Crippen LogP contribution in [0.3, 0.4) is 0 Å². The topological polar surface area (TPSA) is 82.6 Å². The number of methoxy groups -OCH3 is 1. The van der Waals surface area contributed by atoms with E-state index < -0.39 is 5.54 Å². The van der Waals surface area contributed by atoms with Crippen molar-refractivity contribution in [2.24, 2.45) is 0 Å². The fourth-order valence-corrected chi connectivity index (χ4v) is 5.35. The SMILES string of the molecule is COc1ccc2c(c1)C(CN1CCNC3(CCN(c4nc(C)cc(C)n4)CC3)C1=O)CN2. The average molecular weight is 437 g/mol. The summed E-state index contributed by atoms with van der Waals surface area (Å²) in [6.07, 6.45) is 1.54. The van der Waals surface area contributed by atoms with Gasteiger partial charge in [0.15, 0.2) is 0 Å². The van der Waals surface area contributed by atoms with E-state index in [9.17, 15) is 4.79 Å². The Morgan fingerprint density at radius 3 is 2.59 bits per heavy atom. The van der Waals surface area contributed by atoms with Crippen molar-refractivity contribution in [2.45, 2.75) is 38.1 Å². The number of nitrogens with zero attached hydrogens (tertiary/aromatic N) is 4. The molecule has 8 heteroatoms. The highest BCUT2D eigenvalue weighted by Gasteiger charge is 2.46. The van der Waals surface area contributed by atoms with Crippen molar-refractivity contribution in [3.63, 3.8) is 0 Å². The minimum absolute atomic E-state index is 0.237. The molecule has 32 heavy (non-hydrogen) atoms. The number of rotatable bonds is 4. The van der Waals surface area contributed by atoms with Gasteiger partial charge in [0.1, 0.15) is 11.3 Å². The zero-order valence-corrected chi connectivity index (χ0v) is 19.1. The normalized spacial score (nSPS) is 22.1. The number of hydrogen-bond donors (Lipinski definition) is 2. The molecular formula is C24H32N6O2. The maximum Gasteiger partial charge on any atom is 0.243 e. The van der Waals surface area contributed by atoms with Crippen molar-refractivity contribution in [3.05, 3.63) is 41.2 Å². The first-order chi connectivity index (χ1) is 15.5. The molecule has 1 amide bonds. The Morgan fingerprint density at radius 2 is 1.88 bits per heavy atom. The molecule has 0 saturated carbocycles. The number of piperidine rings is 1. The van der Waals surface area contributed by atoms with Gasteiger partial charge in [-0.05, 0) is 56.5 Å². The molecule has 0 aliphatic carbocycles. The van der Waals surface area contributed by atoms with E-state index >= 15 is 0 Å². The van der Waals surface area contributed by atoms with Gasteiger partial charge >= 0.3 is 0 Å².